The zero-order valence-electron chi connectivity index (χ0n) is 12.7. The molecule has 20 heavy (non-hydrogen) atoms. The van der Waals surface area contributed by atoms with Gasteiger partial charge in [-0.25, -0.2) is 0 Å². The van der Waals surface area contributed by atoms with Gasteiger partial charge >= 0.3 is 0 Å². The summed E-state index contributed by atoms with van der Waals surface area (Å²) < 4.78 is 16.1. The summed E-state index contributed by atoms with van der Waals surface area (Å²) >= 11 is 0. The van der Waals surface area contributed by atoms with E-state index in [9.17, 15) is 0 Å². The maximum absolute atomic E-state index is 5.39. The first-order chi connectivity index (χ1) is 9.71. The van der Waals surface area contributed by atoms with Gasteiger partial charge < -0.3 is 19.5 Å². The number of hydrogen-bond acceptors (Lipinski definition) is 5. The van der Waals surface area contributed by atoms with E-state index in [2.05, 4.69) is 10.2 Å². The van der Waals surface area contributed by atoms with Crippen molar-refractivity contribution < 1.29 is 14.2 Å². The second-order valence-electron chi connectivity index (χ2n) is 5.04. The highest BCUT2D eigenvalue weighted by Gasteiger charge is 2.22. The van der Waals surface area contributed by atoms with Gasteiger partial charge in [-0.15, -0.1) is 0 Å². The molecule has 0 aromatic heterocycles. The largest absolute Gasteiger partial charge is 0.493 e. The molecule has 1 heterocycles. The number of likely N-dealkylation sites (tertiary alicyclic amines) is 1. The Balaban J connectivity index is 2.16. The first kappa shape index (κ1) is 14.9. The molecular formula is C15H24N2O3. The normalized spacial score (nSPS) is 19.1. The van der Waals surface area contributed by atoms with Gasteiger partial charge in [0.25, 0.3) is 0 Å². The van der Waals surface area contributed by atoms with E-state index in [1.54, 1.807) is 21.3 Å². The van der Waals surface area contributed by atoms with Crippen molar-refractivity contribution in [2.24, 2.45) is 0 Å². The van der Waals surface area contributed by atoms with E-state index in [-0.39, 0.29) is 0 Å². The van der Waals surface area contributed by atoms with Crippen LogP contribution in [-0.4, -0.2) is 52.4 Å². The van der Waals surface area contributed by atoms with Crippen LogP contribution in [0.4, 0.5) is 0 Å². The van der Waals surface area contributed by atoms with Crippen LogP contribution < -0.4 is 19.5 Å². The van der Waals surface area contributed by atoms with Crippen molar-refractivity contribution in [2.45, 2.75) is 19.0 Å². The highest BCUT2D eigenvalue weighted by molar-refractivity contribution is 5.53. The summed E-state index contributed by atoms with van der Waals surface area (Å²) in [5, 5.41) is 3.33. The van der Waals surface area contributed by atoms with Gasteiger partial charge in [0.1, 0.15) is 0 Å². The lowest BCUT2D eigenvalue weighted by Gasteiger charge is -2.18. The second kappa shape index (κ2) is 6.81. The van der Waals surface area contributed by atoms with E-state index in [0.717, 1.165) is 19.6 Å². The van der Waals surface area contributed by atoms with Gasteiger partial charge in [0.15, 0.2) is 11.5 Å². The minimum Gasteiger partial charge on any atom is -0.493 e. The lowest BCUT2D eigenvalue weighted by atomic mass is 10.1. The van der Waals surface area contributed by atoms with Crippen LogP contribution in [0.15, 0.2) is 12.1 Å². The molecule has 1 fully saturated rings. The molecule has 0 radical (unpaired) electrons. The summed E-state index contributed by atoms with van der Waals surface area (Å²) in [5.74, 6) is 2.07. The molecule has 1 atom stereocenters. The summed E-state index contributed by atoms with van der Waals surface area (Å²) in [5.41, 5.74) is 1.18. The third-order valence-corrected chi connectivity index (χ3v) is 3.81. The van der Waals surface area contributed by atoms with Gasteiger partial charge in [-0.1, -0.05) is 0 Å². The van der Waals surface area contributed by atoms with Gasteiger partial charge in [0, 0.05) is 25.7 Å². The first-order valence-electron chi connectivity index (χ1n) is 6.90. The fourth-order valence-electron chi connectivity index (χ4n) is 2.70. The summed E-state index contributed by atoms with van der Waals surface area (Å²) in [6.07, 6.45) is 1.20. The number of ether oxygens (including phenoxy) is 3. The molecule has 0 spiro atoms. The number of methoxy groups -OCH3 is 3. The topological polar surface area (TPSA) is 43.0 Å². The average Bonchev–Trinajstić information content (AvgIpc) is 2.93. The molecule has 1 aromatic carbocycles. The van der Waals surface area contributed by atoms with Crippen molar-refractivity contribution in [2.75, 3.05) is 41.5 Å². The smallest absolute Gasteiger partial charge is 0.203 e. The van der Waals surface area contributed by atoms with Crippen LogP contribution in [0.5, 0.6) is 17.2 Å². The van der Waals surface area contributed by atoms with Gasteiger partial charge in [-0.05, 0) is 31.2 Å². The molecule has 0 amide bonds. The number of nitrogens with zero attached hydrogens (tertiary/aromatic N) is 1. The standard InChI is InChI=1S/C15H24N2O3/c1-16-12-5-6-17(10-12)9-11-7-13(18-2)15(20-4)14(8-11)19-3/h7-8,12,16H,5-6,9-10H2,1-4H3. The van der Waals surface area contributed by atoms with Crippen LogP contribution in [0, 0.1) is 0 Å². The number of rotatable bonds is 6. The van der Waals surface area contributed by atoms with E-state index < -0.39 is 0 Å². The highest BCUT2D eigenvalue weighted by atomic mass is 16.5. The van der Waals surface area contributed by atoms with Gasteiger partial charge in [-0.3, -0.25) is 4.90 Å². The third kappa shape index (κ3) is 3.16. The van der Waals surface area contributed by atoms with E-state index >= 15 is 0 Å². The molecule has 0 aliphatic carbocycles. The summed E-state index contributed by atoms with van der Waals surface area (Å²) in [6, 6.07) is 4.64. The molecule has 5 heteroatoms. The van der Waals surface area contributed by atoms with Gasteiger partial charge in [0.05, 0.1) is 21.3 Å². The molecule has 2 rings (SSSR count). The third-order valence-electron chi connectivity index (χ3n) is 3.81. The van der Waals surface area contributed by atoms with Gasteiger partial charge in [-0.2, -0.15) is 0 Å². The monoisotopic (exact) mass is 280 g/mol. The van der Waals surface area contributed by atoms with E-state index in [4.69, 9.17) is 14.2 Å². The fraction of sp³-hybridized carbons (Fsp3) is 0.600. The van der Waals surface area contributed by atoms with Gasteiger partial charge in [0.2, 0.25) is 5.75 Å². The predicted octanol–water partition coefficient (Wildman–Crippen LogP) is 1.51. The Kier molecular flexibility index (Phi) is 5.09. The Morgan fingerprint density at radius 2 is 1.80 bits per heavy atom. The minimum absolute atomic E-state index is 0.594. The zero-order valence-corrected chi connectivity index (χ0v) is 12.7. The van der Waals surface area contributed by atoms with Crippen molar-refractivity contribution in [3.05, 3.63) is 17.7 Å². The number of likely N-dealkylation sites (N-methyl/N-ethyl adjacent to an activating group) is 1. The SMILES string of the molecule is CNC1CCN(Cc2cc(OC)c(OC)c(OC)c2)C1. The zero-order chi connectivity index (χ0) is 14.5. The van der Waals surface area contributed by atoms with E-state index in [1.165, 1.54) is 12.0 Å². The minimum atomic E-state index is 0.594. The lowest BCUT2D eigenvalue weighted by Crippen LogP contribution is -2.29. The van der Waals surface area contributed by atoms with E-state index in [0.29, 0.717) is 23.3 Å². The Hall–Kier alpha value is -1.46. The predicted molar refractivity (Wildman–Crippen MR) is 78.8 cm³/mol. The van der Waals surface area contributed by atoms with Crippen molar-refractivity contribution in [3.8, 4) is 17.2 Å². The first-order valence-corrected chi connectivity index (χ1v) is 6.90. The van der Waals surface area contributed by atoms with Crippen molar-refractivity contribution in [1.82, 2.24) is 10.2 Å². The molecule has 1 saturated heterocycles. The number of hydrogen-bond donors (Lipinski definition) is 1. The molecule has 1 unspecified atom stereocenters. The van der Waals surface area contributed by atoms with Crippen molar-refractivity contribution in [3.63, 3.8) is 0 Å². The molecular weight excluding hydrogens is 256 g/mol. The van der Waals surface area contributed by atoms with Crippen molar-refractivity contribution in [1.29, 1.82) is 0 Å². The van der Waals surface area contributed by atoms with Crippen LogP contribution in [0.1, 0.15) is 12.0 Å². The quantitative estimate of drug-likeness (QED) is 0.855. The summed E-state index contributed by atoms with van der Waals surface area (Å²) in [6.45, 7) is 3.09. The average molecular weight is 280 g/mol. The maximum atomic E-state index is 5.39. The summed E-state index contributed by atoms with van der Waals surface area (Å²) in [7, 11) is 6.94. The van der Waals surface area contributed by atoms with Crippen LogP contribution >= 0.6 is 0 Å². The molecule has 112 valence electrons. The van der Waals surface area contributed by atoms with Crippen LogP contribution in [-0.2, 0) is 6.54 Å². The highest BCUT2D eigenvalue weighted by Crippen LogP contribution is 2.38. The summed E-state index contributed by atoms with van der Waals surface area (Å²) in [4.78, 5) is 2.43. The van der Waals surface area contributed by atoms with Crippen LogP contribution in [0.25, 0.3) is 0 Å². The van der Waals surface area contributed by atoms with Crippen LogP contribution in [0.2, 0.25) is 0 Å². The second-order valence-corrected chi connectivity index (χ2v) is 5.04. The number of benzene rings is 1. The lowest BCUT2D eigenvalue weighted by molar-refractivity contribution is 0.310. The molecule has 5 nitrogen and oxygen atoms in total. The molecule has 0 bridgehead atoms. The molecule has 1 N–H and O–H groups in total. The maximum Gasteiger partial charge on any atom is 0.203 e. The Bertz CT molecular complexity index is 426. The van der Waals surface area contributed by atoms with Crippen LogP contribution in [0.3, 0.4) is 0 Å². The number of nitrogens with one attached hydrogen (secondary N) is 1. The molecule has 1 aliphatic rings. The fourth-order valence-corrected chi connectivity index (χ4v) is 2.70. The molecule has 1 aliphatic heterocycles. The molecule has 1 aromatic rings. The Labute approximate surface area is 120 Å². The Morgan fingerprint density at radius 3 is 2.25 bits per heavy atom. The Morgan fingerprint density at radius 1 is 1.15 bits per heavy atom. The van der Waals surface area contributed by atoms with E-state index in [1.807, 2.05) is 19.2 Å². The molecule has 0 saturated carbocycles. The van der Waals surface area contributed by atoms with Crippen molar-refractivity contribution >= 4 is 0 Å².